The minimum absolute atomic E-state index is 0.319. The molecule has 0 fully saturated rings. The van der Waals surface area contributed by atoms with Crippen LogP contribution in [0.3, 0.4) is 0 Å². The molecule has 0 saturated heterocycles. The van der Waals surface area contributed by atoms with Crippen LogP contribution in [0.2, 0.25) is 0 Å². The molecule has 5 nitrogen and oxygen atoms in total. The molecule has 104 valence electrons. The molecule has 0 bridgehead atoms. The molecule has 2 rings (SSSR count). The third kappa shape index (κ3) is 3.45. The Bertz CT molecular complexity index is 570. The molecule has 0 amide bonds. The molecule has 0 saturated carbocycles. The van der Waals surface area contributed by atoms with Crippen molar-refractivity contribution in [1.29, 1.82) is 0 Å². The first-order chi connectivity index (χ1) is 8.90. The summed E-state index contributed by atoms with van der Waals surface area (Å²) in [5.74, 6) is 0.846. The first kappa shape index (κ1) is 14.3. The number of hydrogen-bond donors (Lipinski definition) is 2. The van der Waals surface area contributed by atoms with Crippen molar-refractivity contribution in [2.45, 2.75) is 33.7 Å². The molecule has 0 spiro atoms. The van der Waals surface area contributed by atoms with Crippen LogP contribution in [-0.2, 0) is 6.54 Å². The maximum absolute atomic E-state index is 5.63. The van der Waals surface area contributed by atoms with E-state index in [0.717, 1.165) is 34.7 Å². The Morgan fingerprint density at radius 3 is 2.74 bits per heavy atom. The van der Waals surface area contributed by atoms with E-state index in [0.29, 0.717) is 12.0 Å². The second-order valence-corrected chi connectivity index (χ2v) is 6.53. The molecule has 6 heteroatoms. The molecule has 0 aliphatic heterocycles. The molecule has 19 heavy (non-hydrogen) atoms. The van der Waals surface area contributed by atoms with E-state index in [9.17, 15) is 0 Å². The number of nitrogens with zero attached hydrogens (tertiary/aromatic N) is 3. The summed E-state index contributed by atoms with van der Waals surface area (Å²) in [6, 6.07) is 3.88. The van der Waals surface area contributed by atoms with Gasteiger partial charge in [0.25, 0.3) is 0 Å². The van der Waals surface area contributed by atoms with Crippen molar-refractivity contribution >= 4 is 27.4 Å². The number of imidazole rings is 1. The lowest BCUT2D eigenvalue weighted by Crippen LogP contribution is -2.14. The van der Waals surface area contributed by atoms with Crippen LogP contribution in [0, 0.1) is 5.41 Å². The third-order valence-corrected chi connectivity index (χ3v) is 3.66. The van der Waals surface area contributed by atoms with Crippen LogP contribution >= 0.6 is 15.9 Å². The van der Waals surface area contributed by atoms with Crippen molar-refractivity contribution in [1.82, 2.24) is 14.6 Å². The van der Waals surface area contributed by atoms with Crippen LogP contribution in [0.5, 0.6) is 0 Å². The Morgan fingerprint density at radius 1 is 1.37 bits per heavy atom. The summed E-state index contributed by atoms with van der Waals surface area (Å²) >= 11 is 3.48. The van der Waals surface area contributed by atoms with Crippen molar-refractivity contribution in [3.8, 4) is 0 Å². The number of nitrogens with one attached hydrogen (secondary N) is 1. The SMILES string of the molecule is CC(C)(C)CCNc1ccc2nc(CN)c(Br)n2n1. The molecular weight excluding hydrogens is 306 g/mol. The topological polar surface area (TPSA) is 68.2 Å². The van der Waals surface area contributed by atoms with Crippen LogP contribution in [-0.4, -0.2) is 21.1 Å². The second-order valence-electron chi connectivity index (χ2n) is 5.78. The molecule has 0 atom stereocenters. The van der Waals surface area contributed by atoms with Gasteiger partial charge in [-0.05, 0) is 39.9 Å². The lowest BCUT2D eigenvalue weighted by atomic mass is 9.92. The third-order valence-electron chi connectivity index (χ3n) is 2.86. The fourth-order valence-corrected chi connectivity index (χ4v) is 2.25. The number of halogens is 1. The predicted molar refractivity (Wildman–Crippen MR) is 81.1 cm³/mol. The van der Waals surface area contributed by atoms with Gasteiger partial charge in [0.15, 0.2) is 5.65 Å². The summed E-state index contributed by atoms with van der Waals surface area (Å²) in [4.78, 5) is 4.39. The average molecular weight is 326 g/mol. The summed E-state index contributed by atoms with van der Waals surface area (Å²) < 4.78 is 2.59. The van der Waals surface area contributed by atoms with Gasteiger partial charge in [-0.15, -0.1) is 5.10 Å². The van der Waals surface area contributed by atoms with Crippen molar-refractivity contribution in [3.05, 3.63) is 22.4 Å². The molecule has 2 aromatic heterocycles. The van der Waals surface area contributed by atoms with Gasteiger partial charge < -0.3 is 11.1 Å². The Hall–Kier alpha value is -1.14. The molecule has 0 aliphatic rings. The highest BCUT2D eigenvalue weighted by atomic mass is 79.9. The van der Waals surface area contributed by atoms with Crippen molar-refractivity contribution in [2.75, 3.05) is 11.9 Å². The molecule has 0 aromatic carbocycles. The van der Waals surface area contributed by atoms with Gasteiger partial charge in [-0.2, -0.15) is 0 Å². The number of fused-ring (bicyclic) bond motifs is 1. The summed E-state index contributed by atoms with van der Waals surface area (Å²) in [7, 11) is 0. The van der Waals surface area contributed by atoms with E-state index in [1.54, 1.807) is 4.52 Å². The monoisotopic (exact) mass is 325 g/mol. The van der Waals surface area contributed by atoms with E-state index in [4.69, 9.17) is 5.73 Å². The summed E-state index contributed by atoms with van der Waals surface area (Å²) in [6.07, 6.45) is 1.09. The molecule has 0 aliphatic carbocycles. The number of hydrogen-bond acceptors (Lipinski definition) is 4. The van der Waals surface area contributed by atoms with E-state index >= 15 is 0 Å². The Balaban J connectivity index is 2.15. The smallest absolute Gasteiger partial charge is 0.155 e. The Labute approximate surface area is 121 Å². The fraction of sp³-hybridized carbons (Fsp3) is 0.538. The number of nitrogens with two attached hydrogens (primary N) is 1. The largest absolute Gasteiger partial charge is 0.369 e. The number of aromatic nitrogens is 3. The van der Waals surface area contributed by atoms with Crippen molar-refractivity contribution in [3.63, 3.8) is 0 Å². The van der Waals surface area contributed by atoms with E-state index in [2.05, 4.69) is 52.1 Å². The van der Waals surface area contributed by atoms with Gasteiger partial charge in [0.2, 0.25) is 0 Å². The maximum Gasteiger partial charge on any atom is 0.155 e. The van der Waals surface area contributed by atoms with E-state index < -0.39 is 0 Å². The van der Waals surface area contributed by atoms with Crippen molar-refractivity contribution in [2.24, 2.45) is 11.1 Å². The summed E-state index contributed by atoms with van der Waals surface area (Å²) in [6.45, 7) is 7.98. The zero-order valence-corrected chi connectivity index (χ0v) is 13.2. The fourth-order valence-electron chi connectivity index (χ4n) is 1.74. The average Bonchev–Trinajstić information content (AvgIpc) is 2.65. The number of anilines is 1. The van der Waals surface area contributed by atoms with Gasteiger partial charge in [-0.3, -0.25) is 0 Å². The first-order valence-electron chi connectivity index (χ1n) is 6.39. The lowest BCUT2D eigenvalue weighted by molar-refractivity contribution is 0.389. The standard InChI is InChI=1S/C13H20BrN5/c1-13(2,3)6-7-16-10-4-5-11-17-9(8-15)12(14)19(11)18-10/h4-5H,6-8,15H2,1-3H3,(H,16,18). The highest BCUT2D eigenvalue weighted by molar-refractivity contribution is 9.10. The minimum Gasteiger partial charge on any atom is -0.369 e. The van der Waals surface area contributed by atoms with Gasteiger partial charge in [0.05, 0.1) is 5.69 Å². The van der Waals surface area contributed by atoms with Crippen LogP contribution in [0.4, 0.5) is 5.82 Å². The zero-order chi connectivity index (χ0) is 14.0. The van der Waals surface area contributed by atoms with E-state index in [-0.39, 0.29) is 0 Å². The first-order valence-corrected chi connectivity index (χ1v) is 7.18. The van der Waals surface area contributed by atoms with Crippen LogP contribution < -0.4 is 11.1 Å². The van der Waals surface area contributed by atoms with Gasteiger partial charge in [-0.1, -0.05) is 20.8 Å². The Morgan fingerprint density at radius 2 is 2.11 bits per heavy atom. The van der Waals surface area contributed by atoms with Crippen LogP contribution in [0.15, 0.2) is 16.7 Å². The minimum atomic E-state index is 0.319. The molecule has 3 N–H and O–H groups in total. The quantitative estimate of drug-likeness (QED) is 0.906. The predicted octanol–water partition coefficient (Wildman–Crippen LogP) is 2.80. The lowest BCUT2D eigenvalue weighted by Gasteiger charge is -2.18. The normalized spacial score (nSPS) is 12.1. The number of rotatable bonds is 4. The molecule has 0 radical (unpaired) electrons. The van der Waals surface area contributed by atoms with Crippen LogP contribution in [0.1, 0.15) is 32.9 Å². The van der Waals surface area contributed by atoms with Gasteiger partial charge >= 0.3 is 0 Å². The molecule has 2 heterocycles. The van der Waals surface area contributed by atoms with E-state index in [1.165, 1.54) is 0 Å². The zero-order valence-electron chi connectivity index (χ0n) is 11.6. The highest BCUT2D eigenvalue weighted by Crippen LogP contribution is 2.20. The van der Waals surface area contributed by atoms with Gasteiger partial charge in [0, 0.05) is 13.1 Å². The molecular formula is C13H20BrN5. The molecule has 0 unspecified atom stereocenters. The summed E-state index contributed by atoms with van der Waals surface area (Å²) in [5.41, 5.74) is 7.57. The maximum atomic E-state index is 5.63. The molecule has 2 aromatic rings. The highest BCUT2D eigenvalue weighted by Gasteiger charge is 2.11. The van der Waals surface area contributed by atoms with Crippen molar-refractivity contribution < 1.29 is 0 Å². The van der Waals surface area contributed by atoms with Gasteiger partial charge in [-0.25, -0.2) is 9.50 Å². The Kier molecular flexibility index (Phi) is 4.10. The summed E-state index contributed by atoms with van der Waals surface area (Å²) in [5, 5.41) is 7.84. The second kappa shape index (κ2) is 5.46. The van der Waals surface area contributed by atoms with E-state index in [1.807, 2.05) is 12.1 Å². The van der Waals surface area contributed by atoms with Gasteiger partial charge in [0.1, 0.15) is 10.4 Å². The van der Waals surface area contributed by atoms with Crippen LogP contribution in [0.25, 0.3) is 5.65 Å².